The van der Waals surface area contributed by atoms with Gasteiger partial charge in [0.25, 0.3) is 23.6 Å². The van der Waals surface area contributed by atoms with Gasteiger partial charge in [-0.3, -0.25) is 77.1 Å². The Morgan fingerprint density at radius 1 is 0.408 bits per heavy atom. The van der Waals surface area contributed by atoms with Gasteiger partial charge in [0.1, 0.15) is 0 Å². The fourth-order valence-corrected chi connectivity index (χ4v) is 15.6. The number of imide groups is 2. The van der Waals surface area contributed by atoms with E-state index >= 15 is 0 Å². The average molecular weight is 1500 g/mol. The Morgan fingerprint density at radius 2 is 0.660 bits per heavy atom. The summed E-state index contributed by atoms with van der Waals surface area (Å²) in [5.41, 5.74) is 4.18. The zero-order valence-corrected chi connectivity index (χ0v) is 61.6. The van der Waals surface area contributed by atoms with Gasteiger partial charge < -0.3 is 30.6 Å². The second-order valence-electron chi connectivity index (χ2n) is 24.5. The molecule has 5 N–H and O–H groups in total. The number of carbonyl (C=O) groups is 16. The zero-order chi connectivity index (χ0) is 78.3. The first-order valence-corrected chi connectivity index (χ1v) is 37.6. The number of anilines is 3. The molecule has 2 aliphatic rings. The number of aryl methyl sites for hydroxylation is 3. The number of aliphatic carboxylic acids is 1. The molecule has 566 valence electrons. The highest BCUT2D eigenvalue weighted by Gasteiger charge is 2.41. The number of sulfone groups is 3. The Kier molecular flexibility index (Phi) is 37.3. The molecule has 2 aliphatic heterocycles. The number of hydrogen-bond donors (Lipinski definition) is 5. The quantitative estimate of drug-likeness (QED) is 0.0202. The van der Waals surface area contributed by atoms with Crippen molar-refractivity contribution in [3.05, 3.63) is 89.5 Å². The van der Waals surface area contributed by atoms with Crippen LogP contribution in [0.3, 0.4) is 0 Å². The van der Waals surface area contributed by atoms with Gasteiger partial charge in [-0.1, -0.05) is 36.4 Å². The van der Waals surface area contributed by atoms with Crippen LogP contribution in [-0.4, -0.2) is 178 Å². The lowest BCUT2D eigenvalue weighted by Gasteiger charge is -2.18. The van der Waals surface area contributed by atoms with E-state index in [1.54, 1.807) is 72.8 Å². The number of hydrogen-bond acceptors (Lipinski definition) is 25. The number of carboxylic acids is 1. The minimum absolute atomic E-state index is 0.00559. The van der Waals surface area contributed by atoms with Gasteiger partial charge in [0, 0.05) is 81.3 Å². The third kappa shape index (κ3) is 30.6. The number of hydroxylamine groups is 4. The molecule has 0 bridgehead atoms. The van der Waals surface area contributed by atoms with E-state index in [1.807, 2.05) is 0 Å². The van der Waals surface area contributed by atoms with E-state index in [0.29, 0.717) is 47.8 Å². The van der Waals surface area contributed by atoms with Crippen molar-refractivity contribution < 1.29 is 122 Å². The summed E-state index contributed by atoms with van der Waals surface area (Å²) in [5.74, 6) is -9.13. The molecular formula is C69H91N5O26S3. The molecule has 34 heteroatoms. The predicted octanol–water partition coefficient (Wildman–Crippen LogP) is 5.62. The van der Waals surface area contributed by atoms with Gasteiger partial charge in [-0.05, 0) is 173 Å². The molecule has 0 radical (unpaired) electrons. The minimum atomic E-state index is -3.95. The van der Waals surface area contributed by atoms with E-state index in [4.69, 9.17) is 15.2 Å². The molecule has 31 nitrogen and oxygen atoms in total. The minimum Gasteiger partial charge on any atom is -0.481 e. The molecular weight excluding hydrogens is 1410 g/mol. The average Bonchev–Trinajstić information content (AvgIpc) is 1.56. The predicted molar refractivity (Wildman–Crippen MR) is 372 cm³/mol. The van der Waals surface area contributed by atoms with Crippen LogP contribution in [0.25, 0.3) is 0 Å². The van der Waals surface area contributed by atoms with E-state index in [2.05, 4.69) is 20.7 Å². The summed E-state index contributed by atoms with van der Waals surface area (Å²) in [6.45, 7) is 11.1. The van der Waals surface area contributed by atoms with Gasteiger partial charge in [-0.2, -0.15) is 5.06 Å². The lowest BCUT2D eigenvalue weighted by Crippen LogP contribution is -2.40. The van der Waals surface area contributed by atoms with Crippen molar-refractivity contribution in [2.45, 2.75) is 216 Å². The van der Waals surface area contributed by atoms with Gasteiger partial charge >= 0.3 is 17.9 Å². The summed E-state index contributed by atoms with van der Waals surface area (Å²) >= 11 is 0. The van der Waals surface area contributed by atoms with Crippen molar-refractivity contribution >= 4 is 141 Å². The van der Waals surface area contributed by atoms with Crippen LogP contribution < -0.4 is 16.0 Å². The number of ketones is 6. The molecule has 5 rings (SSSR count). The summed E-state index contributed by atoms with van der Waals surface area (Å²) in [5, 5.41) is 18.2. The van der Waals surface area contributed by atoms with Crippen LogP contribution in [0.2, 0.25) is 0 Å². The van der Waals surface area contributed by atoms with E-state index in [9.17, 15) is 102 Å². The van der Waals surface area contributed by atoms with Crippen molar-refractivity contribution in [2.75, 3.05) is 23.1 Å². The summed E-state index contributed by atoms with van der Waals surface area (Å²) in [6.07, 6.45) is 3.39. The lowest BCUT2D eigenvalue weighted by molar-refractivity contribution is -0.197. The fraction of sp³-hybridized carbons (Fsp3) is 0.507. The molecule has 3 aromatic carbocycles. The Bertz CT molecular complexity index is 3880. The molecule has 3 unspecified atom stereocenters. The van der Waals surface area contributed by atoms with Crippen LogP contribution in [0.15, 0.2) is 72.8 Å². The standard InChI is InChI=1S/C24H30N2O9S.C21H29NO7S.C20H27NO7S.C4H5NO3/c1-15(36(33,34)24(16(2)27)17(3)28)7-8-18-9-11-19(12-10-18)25-20(29)5-4-6-23(32)35-26-21(30)13-14-22(26)31;1-14(30(27,28)21(15(2)23)16(3)24)8-9-17-10-12-18(13-11-17)22-19(25)6-5-7-20(26)29-4;1-13(29(27,28)20(14(2)22)15(3)23)7-8-16-9-11-17(12-10-16)21-18(24)5-4-6-19(25)26;6-3-1-2-4(7)5(3)8/h9-12,15,24H,4-8,13-14H2,1-3H3,(H,25,29);10-14,21H,5-9H2,1-4H3,(H,22,25);9-13,20H,4-8H2,1-3H3,(H,21,24)(H,25,26);8H,1-2H2. The van der Waals surface area contributed by atoms with Crippen LogP contribution in [0, 0.1) is 0 Å². The number of rotatable bonds is 37. The Balaban J connectivity index is 0.000000499. The maximum atomic E-state index is 12.6. The maximum absolute atomic E-state index is 12.6. The van der Waals surface area contributed by atoms with Crippen LogP contribution >= 0.6 is 0 Å². The monoisotopic (exact) mass is 1500 g/mol. The number of methoxy groups -OCH3 is 1. The van der Waals surface area contributed by atoms with Crippen molar-refractivity contribution in [1.29, 1.82) is 0 Å². The van der Waals surface area contributed by atoms with E-state index in [-0.39, 0.29) is 125 Å². The first-order chi connectivity index (χ1) is 48.0. The molecule has 2 saturated heterocycles. The van der Waals surface area contributed by atoms with E-state index < -0.39 is 131 Å². The third-order valence-corrected chi connectivity index (χ3v) is 24.0. The molecule has 0 aliphatic carbocycles. The first kappa shape index (κ1) is 89.7. The van der Waals surface area contributed by atoms with Gasteiger partial charge in [0.15, 0.2) is 80.0 Å². The number of Topliss-reactive ketones (excluding diaryl/α,β-unsaturated/α-hetero) is 6. The van der Waals surface area contributed by atoms with Crippen LogP contribution in [0.4, 0.5) is 17.1 Å². The number of amides is 7. The molecule has 2 heterocycles. The normalized spacial score (nSPS) is 13.8. The number of carbonyl (C=O) groups excluding carboxylic acids is 15. The number of carboxylic acid groups (broad SMARTS) is 1. The van der Waals surface area contributed by atoms with Crippen molar-refractivity contribution in [1.82, 2.24) is 10.1 Å². The molecule has 0 spiro atoms. The molecule has 7 amide bonds. The van der Waals surface area contributed by atoms with Crippen molar-refractivity contribution in [3.63, 3.8) is 0 Å². The smallest absolute Gasteiger partial charge is 0.333 e. The Morgan fingerprint density at radius 3 is 0.893 bits per heavy atom. The molecule has 103 heavy (non-hydrogen) atoms. The lowest BCUT2D eigenvalue weighted by atomic mass is 10.1. The van der Waals surface area contributed by atoms with E-state index in [1.165, 1.54) is 27.9 Å². The summed E-state index contributed by atoms with van der Waals surface area (Å²) in [6, 6.07) is 20.6. The second-order valence-corrected chi connectivity index (χ2v) is 31.9. The SMILES string of the molecule is CC(=O)C(C(C)=O)S(=O)(=O)C(C)CCc1ccc(NC(=O)CCCC(=O)O)cc1.CC(=O)C(C(C)=O)S(=O)(=O)C(C)CCc1ccc(NC(=O)CCCC(=O)ON2C(=O)CCC2=O)cc1.COC(=O)CCCC(=O)Nc1ccc(CCC(C)S(=O)(=O)C(C(C)=O)C(C)=O)cc1.O=C1CCC(=O)N1O. The summed E-state index contributed by atoms with van der Waals surface area (Å²) < 4.78 is 79.8. The topological polar surface area (TPSA) is 477 Å². The highest BCUT2D eigenvalue weighted by atomic mass is 32.2. The molecule has 3 atom stereocenters. The van der Waals surface area contributed by atoms with Gasteiger partial charge in [0.2, 0.25) is 17.7 Å². The van der Waals surface area contributed by atoms with Crippen LogP contribution in [-0.2, 0) is 135 Å². The zero-order valence-electron chi connectivity index (χ0n) is 59.1. The van der Waals surface area contributed by atoms with Gasteiger partial charge in [-0.25, -0.2) is 30.0 Å². The van der Waals surface area contributed by atoms with Crippen molar-refractivity contribution in [2.24, 2.45) is 0 Å². The van der Waals surface area contributed by atoms with E-state index in [0.717, 1.165) is 58.2 Å². The number of benzene rings is 3. The maximum Gasteiger partial charge on any atom is 0.333 e. The van der Waals surface area contributed by atoms with Crippen LogP contribution in [0.1, 0.15) is 182 Å². The fourth-order valence-electron chi connectivity index (χ4n) is 10.1. The molecule has 0 aromatic heterocycles. The highest BCUT2D eigenvalue weighted by molar-refractivity contribution is 7.94. The largest absolute Gasteiger partial charge is 0.481 e. The number of nitrogens with one attached hydrogen (secondary N) is 3. The van der Waals surface area contributed by atoms with Gasteiger partial charge in [-0.15, -0.1) is 5.06 Å². The van der Waals surface area contributed by atoms with Gasteiger partial charge in [0.05, 0.1) is 22.9 Å². The third-order valence-electron chi connectivity index (χ3n) is 15.9. The highest BCUT2D eigenvalue weighted by Crippen LogP contribution is 2.24. The second kappa shape index (κ2) is 42.9. The van der Waals surface area contributed by atoms with Crippen molar-refractivity contribution in [3.8, 4) is 0 Å². The number of ether oxygens (including phenoxy) is 1. The molecule has 2 fully saturated rings. The number of esters is 1. The van der Waals surface area contributed by atoms with Crippen LogP contribution in [0.5, 0.6) is 0 Å². The summed E-state index contributed by atoms with van der Waals surface area (Å²) in [7, 11) is -10.5. The number of nitrogens with zero attached hydrogens (tertiary/aromatic N) is 2. The Hall–Kier alpha value is -9.41. The Labute approximate surface area is 598 Å². The summed E-state index contributed by atoms with van der Waals surface area (Å²) in [4.78, 5) is 187. The first-order valence-electron chi connectivity index (χ1n) is 32.7. The molecule has 3 aromatic rings. The molecule has 0 saturated carbocycles.